The van der Waals surface area contributed by atoms with E-state index in [-0.39, 0.29) is 23.4 Å². The summed E-state index contributed by atoms with van der Waals surface area (Å²) in [4.78, 5) is 50.2. The Balaban J connectivity index is 2.20. The number of alkyl halides is 5. The molecule has 14 heteroatoms. The van der Waals surface area contributed by atoms with Gasteiger partial charge in [-0.1, -0.05) is 73.4 Å². The zero-order chi connectivity index (χ0) is 30.3. The van der Waals surface area contributed by atoms with Crippen LogP contribution < -0.4 is 16.0 Å². The Hall–Kier alpha value is -3.25. The molecule has 3 amide bonds. The Morgan fingerprint density at radius 2 is 1.50 bits per heavy atom. The molecule has 3 N–H and O–H groups in total. The molecule has 0 aliphatic heterocycles. The molecule has 2 aromatic carbocycles. The molecule has 0 saturated carbocycles. The van der Waals surface area contributed by atoms with Crippen LogP contribution >= 0.6 is 23.2 Å². The van der Waals surface area contributed by atoms with Crippen LogP contribution in [0.1, 0.15) is 37.4 Å². The summed E-state index contributed by atoms with van der Waals surface area (Å²) < 4.78 is 66.1. The number of nitrogens with one attached hydrogen (secondary N) is 3. The zero-order valence-corrected chi connectivity index (χ0v) is 22.8. The van der Waals surface area contributed by atoms with Gasteiger partial charge in [0.25, 0.3) is 5.91 Å². The highest BCUT2D eigenvalue weighted by atomic mass is 35.5. The van der Waals surface area contributed by atoms with E-state index in [4.69, 9.17) is 23.2 Å². The van der Waals surface area contributed by atoms with Crippen molar-refractivity contribution in [2.75, 3.05) is 6.54 Å². The number of hydrogen-bond acceptors (Lipinski definition) is 4. The Bertz CT molecular complexity index is 1230. The molecule has 7 nitrogen and oxygen atoms in total. The standard InChI is InChI=1S/C26H26Cl2F5N3O4/c1-14(2)20(22(38)26(32,33)24(40)34-13-25(29,30)31)36-23(39)21(16-6-4-3-5-7-16)35-19(37)11-9-15-8-10-17(27)18(28)12-15/h3-8,10,12,14,20-21H,9,11,13H2,1-2H3,(H,34,40)(H,35,37)(H,36,39)/t20-,21-/m0/s1. The number of aryl methyl sites for hydroxylation is 1. The van der Waals surface area contributed by atoms with Crippen molar-refractivity contribution in [3.05, 3.63) is 69.7 Å². The summed E-state index contributed by atoms with van der Waals surface area (Å²) in [5, 5.41) is 6.21. The Kier molecular flexibility index (Phi) is 11.4. The molecule has 0 heterocycles. The van der Waals surface area contributed by atoms with E-state index >= 15 is 0 Å². The van der Waals surface area contributed by atoms with E-state index in [2.05, 4.69) is 10.6 Å². The van der Waals surface area contributed by atoms with Crippen molar-refractivity contribution in [3.63, 3.8) is 0 Å². The first kappa shape index (κ1) is 33.0. The Morgan fingerprint density at radius 1 is 0.875 bits per heavy atom. The third kappa shape index (κ3) is 9.44. The van der Waals surface area contributed by atoms with Crippen molar-refractivity contribution in [1.82, 2.24) is 16.0 Å². The van der Waals surface area contributed by atoms with E-state index in [1.807, 2.05) is 0 Å². The number of rotatable bonds is 12. The number of ketones is 1. The molecule has 0 saturated heterocycles. The second-order valence-electron chi connectivity index (χ2n) is 9.13. The number of amides is 3. The Labute approximate surface area is 236 Å². The van der Waals surface area contributed by atoms with Gasteiger partial charge in [-0.05, 0) is 35.6 Å². The summed E-state index contributed by atoms with van der Waals surface area (Å²) >= 11 is 11.9. The third-order valence-electron chi connectivity index (χ3n) is 5.62. The predicted octanol–water partition coefficient (Wildman–Crippen LogP) is 4.81. The van der Waals surface area contributed by atoms with Crippen molar-refractivity contribution >= 4 is 46.7 Å². The van der Waals surface area contributed by atoms with Crippen LogP contribution in [0, 0.1) is 5.92 Å². The molecule has 0 aromatic heterocycles. The lowest BCUT2D eigenvalue weighted by molar-refractivity contribution is -0.165. The second-order valence-corrected chi connectivity index (χ2v) is 9.94. The van der Waals surface area contributed by atoms with Gasteiger partial charge in [-0.15, -0.1) is 0 Å². The van der Waals surface area contributed by atoms with E-state index in [1.54, 1.807) is 36.4 Å². The summed E-state index contributed by atoms with van der Waals surface area (Å²) in [5.74, 6) is -12.1. The lowest BCUT2D eigenvalue weighted by Crippen LogP contribution is -2.58. The fourth-order valence-electron chi connectivity index (χ4n) is 3.50. The van der Waals surface area contributed by atoms with E-state index in [9.17, 15) is 41.1 Å². The molecule has 40 heavy (non-hydrogen) atoms. The van der Waals surface area contributed by atoms with Crippen LogP contribution in [0.3, 0.4) is 0 Å². The molecule has 0 aliphatic rings. The van der Waals surface area contributed by atoms with E-state index in [1.165, 1.54) is 26.0 Å². The van der Waals surface area contributed by atoms with Crippen molar-refractivity contribution < 1.29 is 41.1 Å². The number of benzene rings is 2. The van der Waals surface area contributed by atoms with Gasteiger partial charge in [-0.2, -0.15) is 22.0 Å². The first-order valence-electron chi connectivity index (χ1n) is 11.9. The number of carbonyl (C=O) groups excluding carboxylic acids is 4. The average molecular weight is 610 g/mol. The van der Waals surface area contributed by atoms with Gasteiger partial charge in [0.05, 0.1) is 16.1 Å². The summed E-state index contributed by atoms with van der Waals surface area (Å²) in [7, 11) is 0. The monoisotopic (exact) mass is 609 g/mol. The van der Waals surface area contributed by atoms with Crippen LogP contribution in [0.4, 0.5) is 22.0 Å². The first-order valence-corrected chi connectivity index (χ1v) is 12.6. The van der Waals surface area contributed by atoms with Crippen molar-refractivity contribution in [2.24, 2.45) is 5.92 Å². The molecule has 218 valence electrons. The summed E-state index contributed by atoms with van der Waals surface area (Å²) in [6, 6.07) is 9.09. The maximum absolute atomic E-state index is 14.5. The minimum atomic E-state index is -4.98. The largest absolute Gasteiger partial charge is 0.405 e. The fourth-order valence-corrected chi connectivity index (χ4v) is 3.82. The summed E-state index contributed by atoms with van der Waals surface area (Å²) in [6.07, 6.45) is -4.86. The van der Waals surface area contributed by atoms with Crippen LogP contribution in [0.5, 0.6) is 0 Å². The van der Waals surface area contributed by atoms with Gasteiger partial charge in [0, 0.05) is 6.42 Å². The van der Waals surface area contributed by atoms with Crippen LogP contribution in [0.2, 0.25) is 10.0 Å². The lowest BCUT2D eigenvalue weighted by atomic mass is 9.94. The SMILES string of the molecule is CC(C)[C@H](NC(=O)[C@@H](NC(=O)CCc1ccc(Cl)c(Cl)c1)c1ccccc1)C(=O)C(F)(F)C(=O)NCC(F)(F)F. The quantitative estimate of drug-likeness (QED) is 0.237. The van der Waals surface area contributed by atoms with Crippen LogP contribution in [0.25, 0.3) is 0 Å². The molecule has 0 unspecified atom stereocenters. The van der Waals surface area contributed by atoms with Crippen LogP contribution in [-0.2, 0) is 25.6 Å². The van der Waals surface area contributed by atoms with Crippen LogP contribution in [-0.4, -0.2) is 48.2 Å². The number of halogens is 7. The van der Waals surface area contributed by atoms with Crippen LogP contribution in [0.15, 0.2) is 48.5 Å². The lowest BCUT2D eigenvalue weighted by Gasteiger charge is -2.27. The molecule has 0 aliphatic carbocycles. The highest BCUT2D eigenvalue weighted by molar-refractivity contribution is 6.42. The van der Waals surface area contributed by atoms with Gasteiger partial charge in [-0.3, -0.25) is 19.2 Å². The fraction of sp³-hybridized carbons (Fsp3) is 0.385. The van der Waals surface area contributed by atoms with Gasteiger partial charge < -0.3 is 16.0 Å². The van der Waals surface area contributed by atoms with E-state index < -0.39 is 60.1 Å². The van der Waals surface area contributed by atoms with Crippen molar-refractivity contribution in [2.45, 2.75) is 50.9 Å². The van der Waals surface area contributed by atoms with Crippen molar-refractivity contribution in [1.29, 1.82) is 0 Å². The van der Waals surface area contributed by atoms with Gasteiger partial charge >= 0.3 is 12.1 Å². The molecule has 2 atom stereocenters. The number of Topliss-reactive ketones (excluding diaryl/α,β-unsaturated/α-hetero) is 1. The molecule has 0 spiro atoms. The normalized spacial score (nSPS) is 13.3. The van der Waals surface area contributed by atoms with Crippen molar-refractivity contribution in [3.8, 4) is 0 Å². The minimum absolute atomic E-state index is 0.0986. The van der Waals surface area contributed by atoms with Gasteiger partial charge in [0.1, 0.15) is 12.6 Å². The molecule has 2 aromatic rings. The molecule has 0 bridgehead atoms. The summed E-state index contributed by atoms with van der Waals surface area (Å²) in [5.41, 5.74) is 0.939. The average Bonchev–Trinajstić information content (AvgIpc) is 2.88. The second kappa shape index (κ2) is 13.9. The smallest absolute Gasteiger partial charge is 0.344 e. The molecule has 0 fully saturated rings. The number of carbonyl (C=O) groups is 4. The maximum atomic E-state index is 14.5. The number of hydrogen-bond donors (Lipinski definition) is 3. The zero-order valence-electron chi connectivity index (χ0n) is 21.3. The maximum Gasteiger partial charge on any atom is 0.405 e. The molecular weight excluding hydrogens is 584 g/mol. The minimum Gasteiger partial charge on any atom is -0.344 e. The van der Waals surface area contributed by atoms with E-state index in [0.29, 0.717) is 10.6 Å². The molecule has 2 rings (SSSR count). The topological polar surface area (TPSA) is 104 Å². The Morgan fingerprint density at radius 3 is 2.05 bits per heavy atom. The van der Waals surface area contributed by atoms with Gasteiger partial charge in [-0.25, -0.2) is 0 Å². The highest BCUT2D eigenvalue weighted by Crippen LogP contribution is 2.24. The summed E-state index contributed by atoms with van der Waals surface area (Å²) in [6.45, 7) is 0.511. The third-order valence-corrected chi connectivity index (χ3v) is 6.36. The molecule has 0 radical (unpaired) electrons. The highest BCUT2D eigenvalue weighted by Gasteiger charge is 2.52. The van der Waals surface area contributed by atoms with Gasteiger partial charge in [0.15, 0.2) is 0 Å². The predicted molar refractivity (Wildman–Crippen MR) is 138 cm³/mol. The first-order chi connectivity index (χ1) is 18.5. The van der Waals surface area contributed by atoms with E-state index in [0.717, 1.165) is 5.32 Å². The molecular formula is C26H26Cl2F5N3O4. The van der Waals surface area contributed by atoms with Gasteiger partial charge in [0.2, 0.25) is 17.6 Å².